The molecule has 0 bridgehead atoms. The first kappa shape index (κ1) is 10.5. The van der Waals surface area contributed by atoms with E-state index in [0.717, 1.165) is 5.76 Å². The lowest BCUT2D eigenvalue weighted by Gasteiger charge is -1.99. The highest BCUT2D eigenvalue weighted by Crippen LogP contribution is 2.12. The Morgan fingerprint density at radius 1 is 1.36 bits per heavy atom. The molecule has 0 fully saturated rings. The van der Waals surface area contributed by atoms with E-state index in [1.165, 1.54) is 6.92 Å². The maximum Gasteiger partial charge on any atom is 0.227 e. The number of hydrogen-bond donors (Lipinski definition) is 1. The Kier molecular flexibility index (Phi) is 3.45. The number of hydrogen-bond acceptors (Lipinski definition) is 3. The van der Waals surface area contributed by atoms with E-state index in [4.69, 9.17) is 4.42 Å². The van der Waals surface area contributed by atoms with E-state index in [-0.39, 0.29) is 24.5 Å². The molecule has 0 unspecified atom stereocenters. The molecule has 1 amide bonds. The topological polar surface area (TPSA) is 59.3 Å². The van der Waals surface area contributed by atoms with Gasteiger partial charge in [0.05, 0.1) is 0 Å². The normalized spacial score (nSPS) is 9.86. The van der Waals surface area contributed by atoms with E-state index in [1.54, 1.807) is 19.1 Å². The van der Waals surface area contributed by atoms with Crippen LogP contribution in [0.3, 0.4) is 0 Å². The molecule has 0 saturated carbocycles. The van der Waals surface area contributed by atoms with Gasteiger partial charge in [-0.25, -0.2) is 0 Å². The summed E-state index contributed by atoms with van der Waals surface area (Å²) in [6.07, 6.45) is 0.473. The van der Waals surface area contributed by atoms with Crippen molar-refractivity contribution in [3.63, 3.8) is 0 Å². The molecular weight excluding hydrogens is 182 g/mol. The summed E-state index contributed by atoms with van der Waals surface area (Å²) in [7, 11) is 0. The minimum atomic E-state index is -0.199. The fourth-order valence-corrected chi connectivity index (χ4v) is 0.991. The molecule has 0 spiro atoms. The summed E-state index contributed by atoms with van der Waals surface area (Å²) >= 11 is 0. The molecule has 1 N–H and O–H groups in total. The predicted molar refractivity (Wildman–Crippen MR) is 52.0 cm³/mol. The Morgan fingerprint density at radius 2 is 2.07 bits per heavy atom. The first-order valence-corrected chi connectivity index (χ1v) is 4.43. The van der Waals surface area contributed by atoms with Gasteiger partial charge in [0.15, 0.2) is 5.88 Å². The lowest BCUT2D eigenvalue weighted by atomic mass is 10.2. The molecule has 0 aliphatic heterocycles. The number of rotatable bonds is 4. The van der Waals surface area contributed by atoms with Gasteiger partial charge in [-0.1, -0.05) is 0 Å². The molecule has 76 valence electrons. The van der Waals surface area contributed by atoms with Gasteiger partial charge < -0.3 is 9.21 Å². The maximum atomic E-state index is 11.2. The Hall–Kier alpha value is -1.58. The van der Waals surface area contributed by atoms with Crippen LogP contribution < -0.4 is 5.32 Å². The van der Waals surface area contributed by atoms with Crippen molar-refractivity contribution in [2.75, 3.05) is 5.32 Å². The number of amides is 1. The van der Waals surface area contributed by atoms with Gasteiger partial charge >= 0.3 is 0 Å². The van der Waals surface area contributed by atoms with Crippen molar-refractivity contribution in [3.05, 3.63) is 17.9 Å². The third kappa shape index (κ3) is 3.43. The smallest absolute Gasteiger partial charge is 0.227 e. The molecule has 1 heterocycles. The van der Waals surface area contributed by atoms with Crippen LogP contribution in [-0.2, 0) is 9.59 Å². The number of carbonyl (C=O) groups is 2. The fraction of sp³-hybridized carbons (Fsp3) is 0.400. The third-order valence-electron chi connectivity index (χ3n) is 1.71. The van der Waals surface area contributed by atoms with Gasteiger partial charge in [0.25, 0.3) is 0 Å². The van der Waals surface area contributed by atoms with Crippen molar-refractivity contribution in [3.8, 4) is 0 Å². The number of carbonyl (C=O) groups excluding carboxylic acids is 2. The summed E-state index contributed by atoms with van der Waals surface area (Å²) in [6, 6.07) is 3.45. The van der Waals surface area contributed by atoms with Gasteiger partial charge in [-0.05, 0) is 19.9 Å². The SMILES string of the molecule is CC(=O)CCC(=O)Nc1ccc(C)o1. The van der Waals surface area contributed by atoms with Crippen molar-refractivity contribution < 1.29 is 14.0 Å². The van der Waals surface area contributed by atoms with Crippen molar-refractivity contribution in [1.29, 1.82) is 0 Å². The quantitative estimate of drug-likeness (QED) is 0.798. The summed E-state index contributed by atoms with van der Waals surface area (Å²) in [5, 5.41) is 2.56. The predicted octanol–water partition coefficient (Wildman–Crippen LogP) is 1.90. The molecule has 14 heavy (non-hydrogen) atoms. The second-order valence-corrected chi connectivity index (χ2v) is 3.16. The summed E-state index contributed by atoms with van der Waals surface area (Å²) in [5.74, 6) is 0.980. The molecule has 0 aromatic carbocycles. The number of aryl methyl sites for hydroxylation is 1. The first-order valence-electron chi connectivity index (χ1n) is 4.43. The molecule has 0 aliphatic rings. The van der Waals surface area contributed by atoms with Gasteiger partial charge in [-0.3, -0.25) is 10.1 Å². The van der Waals surface area contributed by atoms with Crippen LogP contribution >= 0.6 is 0 Å². The van der Waals surface area contributed by atoms with Gasteiger partial charge in [0, 0.05) is 18.9 Å². The Morgan fingerprint density at radius 3 is 2.57 bits per heavy atom. The lowest BCUT2D eigenvalue weighted by Crippen LogP contribution is -2.11. The second kappa shape index (κ2) is 4.60. The van der Waals surface area contributed by atoms with Crippen LogP contribution in [0.1, 0.15) is 25.5 Å². The zero-order valence-corrected chi connectivity index (χ0v) is 8.29. The third-order valence-corrected chi connectivity index (χ3v) is 1.71. The van der Waals surface area contributed by atoms with Gasteiger partial charge in [-0.2, -0.15) is 0 Å². The van der Waals surface area contributed by atoms with E-state index in [2.05, 4.69) is 5.32 Å². The molecule has 0 aliphatic carbocycles. The summed E-state index contributed by atoms with van der Waals surface area (Å²) in [5.41, 5.74) is 0. The molecule has 0 radical (unpaired) electrons. The summed E-state index contributed by atoms with van der Waals surface area (Å²) in [6.45, 7) is 3.26. The van der Waals surface area contributed by atoms with Crippen LogP contribution in [-0.4, -0.2) is 11.7 Å². The monoisotopic (exact) mass is 195 g/mol. The Bertz CT molecular complexity index is 341. The Balaban J connectivity index is 2.37. The molecule has 1 rings (SSSR count). The molecule has 4 nitrogen and oxygen atoms in total. The second-order valence-electron chi connectivity index (χ2n) is 3.16. The molecule has 1 aromatic rings. The maximum absolute atomic E-state index is 11.2. The highest BCUT2D eigenvalue weighted by atomic mass is 16.4. The zero-order chi connectivity index (χ0) is 10.6. The molecule has 1 aromatic heterocycles. The zero-order valence-electron chi connectivity index (χ0n) is 8.29. The standard InChI is InChI=1S/C10H13NO3/c1-7(12)3-5-9(13)11-10-6-4-8(2)14-10/h4,6H,3,5H2,1-2H3,(H,11,13). The number of nitrogens with one attached hydrogen (secondary N) is 1. The van der Waals surface area contributed by atoms with Gasteiger partial charge in [-0.15, -0.1) is 0 Å². The van der Waals surface area contributed by atoms with Crippen LogP contribution in [0.5, 0.6) is 0 Å². The van der Waals surface area contributed by atoms with Crippen molar-refractivity contribution >= 4 is 17.6 Å². The summed E-state index contributed by atoms with van der Waals surface area (Å²) in [4.78, 5) is 21.8. The van der Waals surface area contributed by atoms with E-state index in [9.17, 15) is 9.59 Å². The van der Waals surface area contributed by atoms with E-state index in [1.807, 2.05) is 0 Å². The fourth-order valence-electron chi connectivity index (χ4n) is 0.991. The number of anilines is 1. The number of Topliss-reactive ketones (excluding diaryl/α,β-unsaturated/α-hetero) is 1. The highest BCUT2D eigenvalue weighted by molar-refractivity contribution is 5.92. The van der Waals surface area contributed by atoms with Gasteiger partial charge in [0.2, 0.25) is 5.91 Å². The van der Waals surface area contributed by atoms with Crippen LogP contribution in [0.4, 0.5) is 5.88 Å². The van der Waals surface area contributed by atoms with Crippen LogP contribution in [0.2, 0.25) is 0 Å². The molecule has 4 heteroatoms. The van der Waals surface area contributed by atoms with Crippen molar-refractivity contribution in [2.24, 2.45) is 0 Å². The Labute approximate surface area is 82.3 Å². The average Bonchev–Trinajstić information content (AvgIpc) is 2.48. The van der Waals surface area contributed by atoms with E-state index >= 15 is 0 Å². The molecular formula is C10H13NO3. The largest absolute Gasteiger partial charge is 0.446 e. The van der Waals surface area contributed by atoms with Crippen LogP contribution in [0, 0.1) is 6.92 Å². The van der Waals surface area contributed by atoms with Crippen molar-refractivity contribution in [2.45, 2.75) is 26.7 Å². The van der Waals surface area contributed by atoms with Crippen LogP contribution in [0.25, 0.3) is 0 Å². The minimum absolute atomic E-state index is 0.00998. The lowest BCUT2D eigenvalue weighted by molar-refractivity contribution is -0.121. The van der Waals surface area contributed by atoms with E-state index < -0.39 is 0 Å². The van der Waals surface area contributed by atoms with Crippen molar-refractivity contribution in [1.82, 2.24) is 0 Å². The number of ketones is 1. The van der Waals surface area contributed by atoms with Crippen LogP contribution in [0.15, 0.2) is 16.5 Å². The minimum Gasteiger partial charge on any atom is -0.446 e. The average molecular weight is 195 g/mol. The molecule has 0 atom stereocenters. The number of furan rings is 1. The highest BCUT2D eigenvalue weighted by Gasteiger charge is 2.05. The first-order chi connectivity index (χ1) is 6.58. The molecule has 0 saturated heterocycles. The van der Waals surface area contributed by atoms with E-state index in [0.29, 0.717) is 5.88 Å². The van der Waals surface area contributed by atoms with Gasteiger partial charge in [0.1, 0.15) is 11.5 Å². The summed E-state index contributed by atoms with van der Waals surface area (Å²) < 4.78 is 5.14.